The Balaban J connectivity index is 1.53. The first-order valence-corrected chi connectivity index (χ1v) is 11.6. The molecule has 3 aromatic heterocycles. The van der Waals surface area contributed by atoms with Gasteiger partial charge in [0.1, 0.15) is 28.8 Å². The molecule has 4 aromatic rings. The Labute approximate surface area is 208 Å². The topological polar surface area (TPSA) is 116 Å². The van der Waals surface area contributed by atoms with Crippen molar-refractivity contribution >= 4 is 22.7 Å². The summed E-state index contributed by atoms with van der Waals surface area (Å²) in [5, 5.41) is 16.6. The number of furan rings is 1. The van der Waals surface area contributed by atoms with Gasteiger partial charge < -0.3 is 24.7 Å². The smallest absolute Gasteiger partial charge is 0.272 e. The van der Waals surface area contributed by atoms with E-state index in [-0.39, 0.29) is 11.6 Å². The minimum Gasteiger partial charge on any atom is -0.496 e. The highest BCUT2D eigenvalue weighted by Gasteiger charge is 2.20. The Kier molecular flexibility index (Phi) is 6.27. The summed E-state index contributed by atoms with van der Waals surface area (Å²) >= 11 is 0. The maximum atomic E-state index is 12.3. The van der Waals surface area contributed by atoms with Gasteiger partial charge in [-0.05, 0) is 36.7 Å². The summed E-state index contributed by atoms with van der Waals surface area (Å²) < 4.78 is 11.8. The van der Waals surface area contributed by atoms with Gasteiger partial charge in [0.25, 0.3) is 5.91 Å². The molecule has 0 radical (unpaired) electrons. The highest BCUT2D eigenvalue weighted by molar-refractivity contribution is 5.95. The zero-order valence-corrected chi connectivity index (χ0v) is 20.3. The highest BCUT2D eigenvalue weighted by atomic mass is 16.5. The fourth-order valence-corrected chi connectivity index (χ4v) is 4.36. The number of rotatable bonds is 6. The van der Waals surface area contributed by atoms with Crippen LogP contribution in [0.3, 0.4) is 0 Å². The van der Waals surface area contributed by atoms with Crippen LogP contribution in [0.4, 0.5) is 5.69 Å². The molecule has 1 unspecified atom stereocenters. The molecule has 4 heterocycles. The van der Waals surface area contributed by atoms with Crippen LogP contribution in [0.2, 0.25) is 0 Å². The molecule has 1 aromatic carbocycles. The van der Waals surface area contributed by atoms with Gasteiger partial charge >= 0.3 is 0 Å². The Hall–Kier alpha value is -4.42. The number of hydrogen-bond donors (Lipinski definition) is 2. The van der Waals surface area contributed by atoms with Crippen LogP contribution < -0.4 is 15.4 Å². The zero-order chi connectivity index (χ0) is 25.2. The lowest BCUT2D eigenvalue weighted by Crippen LogP contribution is -2.22. The summed E-state index contributed by atoms with van der Waals surface area (Å²) in [6.07, 6.45) is 4.31. The van der Waals surface area contributed by atoms with E-state index in [9.17, 15) is 10.1 Å². The number of hydrogen-bond acceptors (Lipinski definition) is 8. The maximum absolute atomic E-state index is 12.3. The van der Waals surface area contributed by atoms with Crippen molar-refractivity contribution in [2.45, 2.75) is 12.5 Å². The van der Waals surface area contributed by atoms with E-state index in [4.69, 9.17) is 9.15 Å². The minimum atomic E-state index is -0.219. The van der Waals surface area contributed by atoms with Gasteiger partial charge in [-0.2, -0.15) is 5.26 Å². The van der Waals surface area contributed by atoms with E-state index < -0.39 is 0 Å². The number of anilines is 1. The summed E-state index contributed by atoms with van der Waals surface area (Å²) in [6.45, 7) is 1.86. The van der Waals surface area contributed by atoms with Gasteiger partial charge in [-0.25, -0.2) is 0 Å². The SMILES string of the molecule is COc1cc(C(=O)N(C)C)ncc1-c1cc2nccc(-c3ccc(NC4CCNC4)c(C#N)c3)c2o1. The van der Waals surface area contributed by atoms with Crippen molar-refractivity contribution < 1.29 is 13.9 Å². The number of nitriles is 1. The summed E-state index contributed by atoms with van der Waals surface area (Å²) in [7, 11) is 4.88. The molecule has 1 aliphatic rings. The molecule has 5 rings (SSSR count). The van der Waals surface area contributed by atoms with Gasteiger partial charge in [-0.3, -0.25) is 14.8 Å². The lowest BCUT2D eigenvalue weighted by Gasteiger charge is -2.15. The van der Waals surface area contributed by atoms with Crippen molar-refractivity contribution in [2.24, 2.45) is 0 Å². The predicted molar refractivity (Wildman–Crippen MR) is 137 cm³/mol. The molecule has 2 N–H and O–H groups in total. The van der Waals surface area contributed by atoms with E-state index in [1.54, 1.807) is 32.6 Å². The number of methoxy groups -OCH3 is 1. The average molecular weight is 483 g/mol. The van der Waals surface area contributed by atoms with Crippen LogP contribution in [0.5, 0.6) is 5.75 Å². The number of nitrogens with one attached hydrogen (secondary N) is 2. The Morgan fingerprint density at radius 2 is 2.08 bits per heavy atom. The Morgan fingerprint density at radius 1 is 1.22 bits per heavy atom. The second kappa shape index (κ2) is 9.68. The molecule has 36 heavy (non-hydrogen) atoms. The predicted octanol–water partition coefficient (Wildman–Crippen LogP) is 3.91. The van der Waals surface area contributed by atoms with Gasteiger partial charge in [0.05, 0.1) is 23.9 Å². The maximum Gasteiger partial charge on any atom is 0.272 e. The second-order valence-corrected chi connectivity index (χ2v) is 8.86. The van der Waals surface area contributed by atoms with Crippen LogP contribution in [0.1, 0.15) is 22.5 Å². The number of nitrogens with zero attached hydrogens (tertiary/aromatic N) is 4. The molecule has 0 saturated carbocycles. The first-order chi connectivity index (χ1) is 17.5. The van der Waals surface area contributed by atoms with Gasteiger partial charge in [0, 0.05) is 56.8 Å². The number of pyridine rings is 2. The molecule has 1 fully saturated rings. The number of carbonyl (C=O) groups is 1. The van der Waals surface area contributed by atoms with Crippen molar-refractivity contribution in [3.05, 3.63) is 60.0 Å². The zero-order valence-electron chi connectivity index (χ0n) is 20.3. The van der Waals surface area contributed by atoms with Gasteiger partial charge in [-0.1, -0.05) is 6.07 Å². The summed E-state index contributed by atoms with van der Waals surface area (Å²) in [5.74, 6) is 0.772. The van der Waals surface area contributed by atoms with Crippen LogP contribution in [0.15, 0.2) is 53.2 Å². The van der Waals surface area contributed by atoms with Crippen LogP contribution in [0.25, 0.3) is 33.6 Å². The third-order valence-electron chi connectivity index (χ3n) is 6.26. The van der Waals surface area contributed by atoms with Crippen molar-refractivity contribution in [1.29, 1.82) is 5.26 Å². The summed E-state index contributed by atoms with van der Waals surface area (Å²) in [4.78, 5) is 22.6. The van der Waals surface area contributed by atoms with E-state index in [1.165, 1.54) is 12.0 Å². The molecule has 1 aliphatic heterocycles. The summed E-state index contributed by atoms with van der Waals surface area (Å²) in [5.41, 5.74) is 5.21. The molecule has 1 amide bonds. The number of carbonyl (C=O) groups excluding carboxylic acids is 1. The number of aromatic nitrogens is 2. The lowest BCUT2D eigenvalue weighted by atomic mass is 10.0. The quantitative estimate of drug-likeness (QED) is 0.425. The van der Waals surface area contributed by atoms with Crippen molar-refractivity contribution in [3.8, 4) is 34.3 Å². The van der Waals surface area contributed by atoms with Crippen LogP contribution in [0, 0.1) is 11.3 Å². The molecule has 182 valence electrons. The number of fused-ring (bicyclic) bond motifs is 1. The molecular weight excluding hydrogens is 456 g/mol. The van der Waals surface area contributed by atoms with Gasteiger partial charge in [0.15, 0.2) is 5.58 Å². The standard InChI is InChI=1S/C27H26N6O3/c1-33(2)27(34)23-12-24(35-3)20(15-31-23)25-11-22-26(36-25)19(7-9-30-22)16-4-5-21(17(10-16)13-28)32-18-6-8-29-14-18/h4-5,7,9-12,15,18,29,32H,6,8,14H2,1-3H3. The van der Waals surface area contributed by atoms with Crippen LogP contribution in [-0.2, 0) is 0 Å². The first-order valence-electron chi connectivity index (χ1n) is 11.6. The van der Waals surface area contributed by atoms with Gasteiger partial charge in [0.2, 0.25) is 0 Å². The average Bonchev–Trinajstić information content (AvgIpc) is 3.57. The van der Waals surface area contributed by atoms with Crippen LogP contribution in [-0.4, -0.2) is 61.1 Å². The number of amides is 1. The molecule has 1 atom stereocenters. The van der Waals surface area contributed by atoms with Crippen molar-refractivity contribution in [1.82, 2.24) is 20.2 Å². The third-order valence-corrected chi connectivity index (χ3v) is 6.26. The first kappa shape index (κ1) is 23.3. The number of ether oxygens (including phenoxy) is 1. The summed E-state index contributed by atoms with van der Waals surface area (Å²) in [6, 6.07) is 13.7. The lowest BCUT2D eigenvalue weighted by molar-refractivity contribution is 0.0821. The molecule has 0 aliphatic carbocycles. The van der Waals surface area contributed by atoms with Crippen molar-refractivity contribution in [2.75, 3.05) is 39.6 Å². The van der Waals surface area contributed by atoms with E-state index in [1.807, 2.05) is 30.3 Å². The third kappa shape index (κ3) is 4.34. The highest BCUT2D eigenvalue weighted by Crippen LogP contribution is 2.37. The fraction of sp³-hybridized carbons (Fsp3) is 0.259. The van der Waals surface area contributed by atoms with E-state index >= 15 is 0 Å². The number of benzene rings is 1. The molecule has 0 spiro atoms. The molecular formula is C27H26N6O3. The van der Waals surface area contributed by atoms with E-state index in [0.29, 0.717) is 39.8 Å². The molecule has 0 bridgehead atoms. The fourth-order valence-electron chi connectivity index (χ4n) is 4.36. The normalized spacial score (nSPS) is 15.0. The molecule has 9 nitrogen and oxygen atoms in total. The monoisotopic (exact) mass is 482 g/mol. The van der Waals surface area contributed by atoms with Crippen LogP contribution >= 0.6 is 0 Å². The second-order valence-electron chi connectivity index (χ2n) is 8.86. The Bertz CT molecular complexity index is 1480. The van der Waals surface area contributed by atoms with E-state index in [2.05, 4.69) is 26.7 Å². The largest absolute Gasteiger partial charge is 0.496 e. The van der Waals surface area contributed by atoms with E-state index in [0.717, 1.165) is 36.3 Å². The molecule has 9 heteroatoms. The minimum absolute atomic E-state index is 0.219. The molecule has 1 saturated heterocycles. The Morgan fingerprint density at radius 3 is 2.81 bits per heavy atom. The van der Waals surface area contributed by atoms with Crippen molar-refractivity contribution in [3.63, 3.8) is 0 Å². The van der Waals surface area contributed by atoms with Gasteiger partial charge in [-0.15, -0.1) is 0 Å².